The minimum Gasteiger partial charge on any atom is -0.228 e. The molecule has 1 heterocycles. The molecule has 0 saturated carbocycles. The summed E-state index contributed by atoms with van der Waals surface area (Å²) in [5, 5.41) is 0.932. The molecular weight excluding hydrogens is 298 g/mol. The number of aryl methyl sites for hydroxylation is 1. The molecule has 5 heteroatoms. The van der Waals surface area contributed by atoms with E-state index in [1.807, 2.05) is 13.0 Å². The van der Waals surface area contributed by atoms with Crippen molar-refractivity contribution in [1.82, 2.24) is 9.97 Å². The molecule has 100 valence electrons. The molecule has 3 aromatic rings. The molecule has 2 nitrogen and oxygen atoms in total. The fraction of sp³-hybridized carbons (Fsp3) is 0.0667. The molecule has 0 radical (unpaired) electrons. The first-order chi connectivity index (χ1) is 9.56. The van der Waals surface area contributed by atoms with Gasteiger partial charge in [0, 0.05) is 10.6 Å². The van der Waals surface area contributed by atoms with Gasteiger partial charge in [-0.1, -0.05) is 41.4 Å². The summed E-state index contributed by atoms with van der Waals surface area (Å²) < 4.78 is 13.8. The van der Waals surface area contributed by atoms with Gasteiger partial charge in [-0.3, -0.25) is 0 Å². The van der Waals surface area contributed by atoms with Crippen LogP contribution in [0.5, 0.6) is 0 Å². The summed E-state index contributed by atoms with van der Waals surface area (Å²) in [5.74, 6) is 0.00643. The average molecular weight is 307 g/mol. The van der Waals surface area contributed by atoms with Gasteiger partial charge in [0.05, 0.1) is 10.9 Å². The van der Waals surface area contributed by atoms with Crippen molar-refractivity contribution < 1.29 is 4.39 Å². The summed E-state index contributed by atoms with van der Waals surface area (Å²) in [5.41, 5.74) is 2.10. The second-order valence-corrected chi connectivity index (χ2v) is 5.23. The summed E-state index contributed by atoms with van der Waals surface area (Å²) in [6.07, 6.45) is 0. The minimum atomic E-state index is -0.423. The molecule has 0 bridgehead atoms. The summed E-state index contributed by atoms with van der Waals surface area (Å²) in [4.78, 5) is 8.58. The Bertz CT molecular complexity index is 818. The number of rotatable bonds is 1. The predicted octanol–water partition coefficient (Wildman–Crippen LogP) is 5.05. The maximum Gasteiger partial charge on any atom is 0.161 e. The Labute approximate surface area is 125 Å². The lowest BCUT2D eigenvalue weighted by Crippen LogP contribution is -1.95. The summed E-state index contributed by atoms with van der Waals surface area (Å²) >= 11 is 12.1. The Kier molecular flexibility index (Phi) is 3.32. The topological polar surface area (TPSA) is 25.8 Å². The van der Waals surface area contributed by atoms with Crippen molar-refractivity contribution in [2.75, 3.05) is 0 Å². The van der Waals surface area contributed by atoms with Gasteiger partial charge in [-0.05, 0) is 30.7 Å². The van der Waals surface area contributed by atoms with Gasteiger partial charge < -0.3 is 0 Å². The monoisotopic (exact) mass is 306 g/mol. The van der Waals surface area contributed by atoms with E-state index < -0.39 is 5.82 Å². The first kappa shape index (κ1) is 13.3. The third kappa shape index (κ3) is 2.23. The van der Waals surface area contributed by atoms with Crippen LogP contribution in [0.4, 0.5) is 4.39 Å². The third-order valence-corrected chi connectivity index (χ3v) is 3.55. The molecule has 1 aromatic heterocycles. The van der Waals surface area contributed by atoms with Gasteiger partial charge in [-0.2, -0.15) is 0 Å². The lowest BCUT2D eigenvalue weighted by atomic mass is 10.1. The standard InChI is InChI=1S/C15H9Cl2FN2/c1-8-5-6-11(18)12-13(8)19-15(20-14(12)17)9-3-2-4-10(16)7-9/h2-7H,1H3. The van der Waals surface area contributed by atoms with E-state index in [1.165, 1.54) is 6.07 Å². The molecule has 20 heavy (non-hydrogen) atoms. The van der Waals surface area contributed by atoms with Crippen LogP contribution in [0.3, 0.4) is 0 Å². The van der Waals surface area contributed by atoms with Gasteiger partial charge in [0.25, 0.3) is 0 Å². The van der Waals surface area contributed by atoms with Crippen molar-refractivity contribution in [2.45, 2.75) is 6.92 Å². The van der Waals surface area contributed by atoms with Crippen molar-refractivity contribution in [2.24, 2.45) is 0 Å². The van der Waals surface area contributed by atoms with Gasteiger partial charge in [-0.15, -0.1) is 0 Å². The number of fused-ring (bicyclic) bond motifs is 1. The van der Waals surface area contributed by atoms with Crippen molar-refractivity contribution in [3.05, 3.63) is 58.0 Å². The summed E-state index contributed by atoms with van der Waals surface area (Å²) in [6.45, 7) is 1.85. The molecule has 0 N–H and O–H groups in total. The molecule has 0 aliphatic rings. The SMILES string of the molecule is Cc1ccc(F)c2c(Cl)nc(-c3cccc(Cl)c3)nc12. The second-order valence-electron chi connectivity index (χ2n) is 4.44. The molecule has 0 spiro atoms. The average Bonchev–Trinajstić information content (AvgIpc) is 2.42. The van der Waals surface area contributed by atoms with Crippen LogP contribution >= 0.6 is 23.2 Å². The molecule has 0 aliphatic carbocycles. The largest absolute Gasteiger partial charge is 0.228 e. The zero-order valence-corrected chi connectivity index (χ0v) is 12.0. The lowest BCUT2D eigenvalue weighted by molar-refractivity contribution is 0.639. The highest BCUT2D eigenvalue weighted by atomic mass is 35.5. The van der Waals surface area contributed by atoms with Crippen LogP contribution in [0.1, 0.15) is 5.56 Å². The fourth-order valence-corrected chi connectivity index (χ4v) is 2.50. The Hall–Kier alpha value is -1.71. The highest BCUT2D eigenvalue weighted by Crippen LogP contribution is 2.29. The van der Waals surface area contributed by atoms with Crippen molar-refractivity contribution in [3.8, 4) is 11.4 Å². The second kappa shape index (κ2) is 5.00. The van der Waals surface area contributed by atoms with Crippen LogP contribution in [-0.4, -0.2) is 9.97 Å². The van der Waals surface area contributed by atoms with Gasteiger partial charge in [0.2, 0.25) is 0 Å². The smallest absolute Gasteiger partial charge is 0.161 e. The number of hydrogen-bond acceptors (Lipinski definition) is 2. The van der Waals surface area contributed by atoms with Crippen molar-refractivity contribution in [1.29, 1.82) is 0 Å². The molecule has 3 rings (SSSR count). The highest BCUT2D eigenvalue weighted by Gasteiger charge is 2.13. The molecule has 0 amide bonds. The predicted molar refractivity (Wildman–Crippen MR) is 79.7 cm³/mol. The van der Waals surface area contributed by atoms with Gasteiger partial charge >= 0.3 is 0 Å². The minimum absolute atomic E-state index is 0.103. The van der Waals surface area contributed by atoms with E-state index in [9.17, 15) is 4.39 Å². The molecule has 2 aromatic carbocycles. The number of halogens is 3. The Balaban J connectivity index is 2.32. The third-order valence-electron chi connectivity index (χ3n) is 3.04. The zero-order chi connectivity index (χ0) is 14.3. The van der Waals surface area contributed by atoms with E-state index in [2.05, 4.69) is 9.97 Å². The Morgan fingerprint density at radius 1 is 1.05 bits per heavy atom. The summed E-state index contributed by atoms with van der Waals surface area (Å²) in [7, 11) is 0. The molecule has 0 atom stereocenters. The van der Waals surface area contributed by atoms with E-state index in [-0.39, 0.29) is 10.5 Å². The van der Waals surface area contributed by atoms with Gasteiger partial charge in [0.1, 0.15) is 11.0 Å². The number of aromatic nitrogens is 2. The van der Waals surface area contributed by atoms with Gasteiger partial charge in [0.15, 0.2) is 5.82 Å². The fourth-order valence-electron chi connectivity index (χ4n) is 2.05. The molecular formula is C15H9Cl2FN2. The quantitative estimate of drug-likeness (QED) is 0.588. The van der Waals surface area contributed by atoms with Crippen LogP contribution in [0.15, 0.2) is 36.4 Å². The first-order valence-corrected chi connectivity index (χ1v) is 6.70. The van der Waals surface area contributed by atoms with Crippen LogP contribution in [0.25, 0.3) is 22.3 Å². The molecule has 0 fully saturated rings. The Morgan fingerprint density at radius 2 is 1.85 bits per heavy atom. The van der Waals surface area contributed by atoms with Crippen molar-refractivity contribution in [3.63, 3.8) is 0 Å². The van der Waals surface area contributed by atoms with Crippen LogP contribution < -0.4 is 0 Å². The summed E-state index contributed by atoms with van der Waals surface area (Å²) in [6, 6.07) is 10.2. The number of benzene rings is 2. The number of nitrogens with zero attached hydrogens (tertiary/aromatic N) is 2. The van der Waals surface area contributed by atoms with E-state index >= 15 is 0 Å². The first-order valence-electron chi connectivity index (χ1n) is 5.94. The van der Waals surface area contributed by atoms with E-state index in [4.69, 9.17) is 23.2 Å². The zero-order valence-electron chi connectivity index (χ0n) is 10.5. The molecule has 0 unspecified atom stereocenters. The van der Waals surface area contributed by atoms with Crippen LogP contribution in [0, 0.1) is 12.7 Å². The maximum absolute atomic E-state index is 13.8. The van der Waals surface area contributed by atoms with E-state index in [0.29, 0.717) is 16.4 Å². The van der Waals surface area contributed by atoms with E-state index in [1.54, 1.807) is 24.3 Å². The number of hydrogen-bond donors (Lipinski definition) is 0. The van der Waals surface area contributed by atoms with Gasteiger partial charge in [-0.25, -0.2) is 14.4 Å². The maximum atomic E-state index is 13.8. The molecule has 0 aliphatic heterocycles. The van der Waals surface area contributed by atoms with E-state index in [0.717, 1.165) is 11.1 Å². The normalized spacial score (nSPS) is 11.0. The Morgan fingerprint density at radius 3 is 2.60 bits per heavy atom. The van der Waals surface area contributed by atoms with Crippen molar-refractivity contribution >= 4 is 34.1 Å². The van der Waals surface area contributed by atoms with Crippen LogP contribution in [-0.2, 0) is 0 Å². The lowest BCUT2D eigenvalue weighted by Gasteiger charge is -2.07. The highest BCUT2D eigenvalue weighted by molar-refractivity contribution is 6.34. The molecule has 0 saturated heterocycles. The van der Waals surface area contributed by atoms with Crippen LogP contribution in [0.2, 0.25) is 10.2 Å².